The number of methoxy groups -OCH3 is 1. The summed E-state index contributed by atoms with van der Waals surface area (Å²) < 4.78 is 5.30. The molecule has 0 aliphatic rings. The van der Waals surface area contributed by atoms with E-state index < -0.39 is 0 Å². The Bertz CT molecular complexity index is 393. The van der Waals surface area contributed by atoms with Crippen molar-refractivity contribution in [3.8, 4) is 0 Å². The molecule has 0 unspecified atom stereocenters. The minimum atomic E-state index is 0.271. The summed E-state index contributed by atoms with van der Waals surface area (Å²) in [5, 5.41) is 4.21. The Hall–Kier alpha value is -1.84. The number of aliphatic imine (C=N–C) groups is 1. The number of hydrogen-bond acceptors (Lipinski definition) is 3. The lowest BCUT2D eigenvalue weighted by molar-refractivity contribution is 0.276. The zero-order valence-electron chi connectivity index (χ0n) is 13.1. The van der Waals surface area contributed by atoms with Crippen molar-refractivity contribution in [2.75, 3.05) is 7.11 Å². The van der Waals surface area contributed by atoms with Gasteiger partial charge in [-0.2, -0.15) is 5.10 Å². The number of nitrogens with zero attached hydrogens (tertiary/aromatic N) is 2. The Balaban J connectivity index is 4.85. The van der Waals surface area contributed by atoms with Gasteiger partial charge in [0.15, 0.2) is 5.84 Å². The summed E-state index contributed by atoms with van der Waals surface area (Å²) in [6.45, 7) is 13.5. The summed E-state index contributed by atoms with van der Waals surface area (Å²) in [5.41, 5.74) is 4.00. The lowest BCUT2D eigenvalue weighted by atomic mass is 10.1. The number of allylic oxidation sites excluding steroid dienone is 4. The highest BCUT2D eigenvalue weighted by atomic mass is 16.5. The van der Waals surface area contributed by atoms with Gasteiger partial charge in [0.2, 0.25) is 0 Å². The van der Waals surface area contributed by atoms with Crippen molar-refractivity contribution in [3.05, 3.63) is 36.1 Å². The Labute approximate surface area is 123 Å². The lowest BCUT2D eigenvalue weighted by Gasteiger charge is -2.06. The van der Waals surface area contributed by atoms with E-state index in [2.05, 4.69) is 35.7 Å². The predicted molar refractivity (Wildman–Crippen MR) is 88.2 cm³/mol. The van der Waals surface area contributed by atoms with Crippen molar-refractivity contribution in [1.29, 1.82) is 0 Å². The van der Waals surface area contributed by atoms with Crippen LogP contribution in [0.25, 0.3) is 0 Å². The van der Waals surface area contributed by atoms with Gasteiger partial charge in [0.1, 0.15) is 0 Å². The van der Waals surface area contributed by atoms with E-state index in [1.54, 1.807) is 13.2 Å². The first-order chi connectivity index (χ1) is 9.57. The van der Waals surface area contributed by atoms with Crippen LogP contribution < -0.4 is 5.43 Å². The Kier molecular flexibility index (Phi) is 10.0. The number of ether oxygens (including phenoxy) is 1. The van der Waals surface area contributed by atoms with Gasteiger partial charge in [0, 0.05) is 18.9 Å². The van der Waals surface area contributed by atoms with Gasteiger partial charge in [-0.05, 0) is 38.6 Å². The van der Waals surface area contributed by atoms with E-state index in [-0.39, 0.29) is 6.04 Å². The van der Waals surface area contributed by atoms with Crippen LogP contribution in [0.15, 0.2) is 46.2 Å². The zero-order chi connectivity index (χ0) is 15.4. The Morgan fingerprint density at radius 2 is 2.05 bits per heavy atom. The van der Waals surface area contributed by atoms with Gasteiger partial charge in [-0.3, -0.25) is 0 Å². The second-order valence-electron chi connectivity index (χ2n) is 4.68. The first kappa shape index (κ1) is 18.2. The average Bonchev–Trinajstić information content (AvgIpc) is 2.45. The number of hydrogen-bond donors (Lipinski definition) is 1. The molecular formula is C16H27N3O. The van der Waals surface area contributed by atoms with Crippen LogP contribution >= 0.6 is 0 Å². The smallest absolute Gasteiger partial charge is 0.151 e. The molecule has 0 saturated carbocycles. The van der Waals surface area contributed by atoms with Crippen molar-refractivity contribution in [2.45, 2.75) is 46.1 Å². The van der Waals surface area contributed by atoms with Crippen molar-refractivity contribution in [2.24, 2.45) is 10.1 Å². The van der Waals surface area contributed by atoms with Crippen LogP contribution in [0.2, 0.25) is 0 Å². The largest absolute Gasteiger partial charge is 0.501 e. The fraction of sp³-hybridized carbons (Fsp3) is 0.500. The highest BCUT2D eigenvalue weighted by Gasteiger charge is 2.00. The maximum atomic E-state index is 5.30. The van der Waals surface area contributed by atoms with Gasteiger partial charge in [0.05, 0.1) is 12.9 Å². The van der Waals surface area contributed by atoms with Crippen LogP contribution in [0.3, 0.4) is 0 Å². The van der Waals surface area contributed by atoms with Gasteiger partial charge in [-0.15, -0.1) is 0 Å². The fourth-order valence-corrected chi connectivity index (χ4v) is 1.42. The molecule has 0 aliphatic carbocycles. The summed E-state index contributed by atoms with van der Waals surface area (Å²) in [7, 11) is 1.69. The van der Waals surface area contributed by atoms with Crippen LogP contribution in [0.1, 0.15) is 40.0 Å². The molecule has 4 heteroatoms. The zero-order valence-corrected chi connectivity index (χ0v) is 13.1. The summed E-state index contributed by atoms with van der Waals surface area (Å²) in [6, 6.07) is 0.271. The van der Waals surface area contributed by atoms with Crippen LogP contribution in [0.4, 0.5) is 0 Å². The molecule has 0 heterocycles. The summed E-state index contributed by atoms with van der Waals surface area (Å²) in [5.74, 6) is 1.60. The molecule has 0 amide bonds. The lowest BCUT2D eigenvalue weighted by Crippen LogP contribution is -2.18. The summed E-state index contributed by atoms with van der Waals surface area (Å²) in [6.07, 6.45) is 8.32. The number of nitrogens with one attached hydrogen (secondary N) is 1. The SMILES string of the molecule is C=C/C(=C\C=C(/CCC)OC)C/C(N=C)=N/NC(C)C. The third kappa shape index (κ3) is 8.29. The van der Waals surface area contributed by atoms with Crippen molar-refractivity contribution < 1.29 is 4.74 Å². The molecule has 112 valence electrons. The molecule has 0 aromatic heterocycles. The Morgan fingerprint density at radius 3 is 2.50 bits per heavy atom. The molecule has 0 aliphatic heterocycles. The minimum Gasteiger partial charge on any atom is -0.501 e. The van der Waals surface area contributed by atoms with E-state index in [4.69, 9.17) is 4.74 Å². The van der Waals surface area contributed by atoms with Gasteiger partial charge in [-0.1, -0.05) is 25.7 Å². The third-order valence-corrected chi connectivity index (χ3v) is 2.50. The van der Waals surface area contributed by atoms with Crippen LogP contribution in [-0.2, 0) is 4.74 Å². The van der Waals surface area contributed by atoms with E-state index in [9.17, 15) is 0 Å². The van der Waals surface area contributed by atoms with E-state index >= 15 is 0 Å². The maximum Gasteiger partial charge on any atom is 0.151 e. The molecule has 0 radical (unpaired) electrons. The monoisotopic (exact) mass is 277 g/mol. The normalized spacial score (nSPS) is 13.3. The summed E-state index contributed by atoms with van der Waals surface area (Å²) in [4.78, 5) is 3.93. The minimum absolute atomic E-state index is 0.271. The number of hydrazone groups is 1. The average molecular weight is 277 g/mol. The quantitative estimate of drug-likeness (QED) is 0.229. The molecule has 0 aromatic rings. The van der Waals surface area contributed by atoms with E-state index in [1.165, 1.54) is 0 Å². The van der Waals surface area contributed by atoms with Gasteiger partial charge in [0.25, 0.3) is 0 Å². The van der Waals surface area contributed by atoms with Crippen molar-refractivity contribution >= 4 is 12.6 Å². The molecule has 0 spiro atoms. The first-order valence-electron chi connectivity index (χ1n) is 6.92. The van der Waals surface area contributed by atoms with Crippen LogP contribution in [0, 0.1) is 0 Å². The first-order valence-corrected chi connectivity index (χ1v) is 6.92. The van der Waals surface area contributed by atoms with Gasteiger partial charge >= 0.3 is 0 Å². The van der Waals surface area contributed by atoms with E-state index in [0.717, 1.165) is 24.2 Å². The maximum absolute atomic E-state index is 5.30. The fourth-order valence-electron chi connectivity index (χ4n) is 1.42. The molecule has 0 saturated heterocycles. The van der Waals surface area contributed by atoms with E-state index in [1.807, 2.05) is 26.0 Å². The molecule has 4 nitrogen and oxygen atoms in total. The van der Waals surface area contributed by atoms with Crippen LogP contribution in [0.5, 0.6) is 0 Å². The van der Waals surface area contributed by atoms with Gasteiger partial charge in [-0.25, -0.2) is 4.99 Å². The highest BCUT2D eigenvalue weighted by Crippen LogP contribution is 2.10. The standard InChI is InChI=1S/C16H27N3O/c1-7-9-15(20-6)11-10-14(8-2)12-16(17-5)19-18-13(3)4/h8,10-11,13,18H,2,5,7,9,12H2,1,3-4,6H3/b14-10+,15-11+,19-16-. The predicted octanol–water partition coefficient (Wildman–Crippen LogP) is 3.83. The number of amidine groups is 1. The Morgan fingerprint density at radius 1 is 1.35 bits per heavy atom. The molecule has 0 bridgehead atoms. The molecule has 0 atom stereocenters. The third-order valence-electron chi connectivity index (χ3n) is 2.50. The molecule has 0 fully saturated rings. The van der Waals surface area contributed by atoms with Gasteiger partial charge < -0.3 is 10.2 Å². The number of rotatable bonds is 9. The second-order valence-corrected chi connectivity index (χ2v) is 4.68. The molecule has 0 rings (SSSR count). The summed E-state index contributed by atoms with van der Waals surface area (Å²) >= 11 is 0. The molecule has 1 N–H and O–H groups in total. The van der Waals surface area contributed by atoms with Crippen molar-refractivity contribution in [1.82, 2.24) is 5.43 Å². The highest BCUT2D eigenvalue weighted by molar-refractivity contribution is 5.88. The molecule has 20 heavy (non-hydrogen) atoms. The van der Waals surface area contributed by atoms with Crippen LogP contribution in [-0.4, -0.2) is 25.7 Å². The van der Waals surface area contributed by atoms with E-state index in [0.29, 0.717) is 12.3 Å². The second kappa shape index (κ2) is 11.0. The topological polar surface area (TPSA) is 46.0 Å². The molecular weight excluding hydrogens is 250 g/mol. The molecule has 0 aromatic carbocycles. The van der Waals surface area contributed by atoms with Crippen molar-refractivity contribution in [3.63, 3.8) is 0 Å².